The summed E-state index contributed by atoms with van der Waals surface area (Å²) in [5.74, 6) is 0. The smallest absolute Gasteiger partial charge is 0.372 e. The topological polar surface area (TPSA) is 35.2 Å². The SMILES string of the molecule is Cc1cc(C)c(C(N)CCOCC(F)(F)F)s1. The molecule has 1 aromatic heterocycles. The molecule has 17 heavy (non-hydrogen) atoms. The number of hydrogen-bond acceptors (Lipinski definition) is 3. The van der Waals surface area contributed by atoms with Crippen molar-refractivity contribution in [1.82, 2.24) is 0 Å². The maximum absolute atomic E-state index is 11.8. The predicted octanol–water partition coefficient (Wildman–Crippen LogP) is 3.33. The van der Waals surface area contributed by atoms with Gasteiger partial charge in [0.05, 0.1) is 0 Å². The highest BCUT2D eigenvalue weighted by Crippen LogP contribution is 2.27. The number of alkyl halides is 3. The third-order valence-corrected chi connectivity index (χ3v) is 3.54. The molecule has 0 saturated carbocycles. The number of hydrogen-bond donors (Lipinski definition) is 1. The Balaban J connectivity index is 2.35. The highest BCUT2D eigenvalue weighted by Gasteiger charge is 2.27. The van der Waals surface area contributed by atoms with Crippen LogP contribution in [0.5, 0.6) is 0 Å². The van der Waals surface area contributed by atoms with Crippen LogP contribution in [0.3, 0.4) is 0 Å². The van der Waals surface area contributed by atoms with Crippen molar-refractivity contribution in [2.24, 2.45) is 5.73 Å². The highest BCUT2D eigenvalue weighted by atomic mass is 32.1. The normalized spacial score (nSPS) is 14.0. The summed E-state index contributed by atoms with van der Waals surface area (Å²) in [7, 11) is 0. The van der Waals surface area contributed by atoms with Crippen molar-refractivity contribution in [3.63, 3.8) is 0 Å². The molecule has 0 aliphatic heterocycles. The number of ether oxygens (including phenoxy) is 1. The summed E-state index contributed by atoms with van der Waals surface area (Å²) in [5, 5.41) is 0. The van der Waals surface area contributed by atoms with E-state index in [1.165, 1.54) is 0 Å². The van der Waals surface area contributed by atoms with E-state index in [0.717, 1.165) is 15.3 Å². The Bertz CT molecular complexity index is 362. The van der Waals surface area contributed by atoms with Crippen molar-refractivity contribution in [2.45, 2.75) is 32.5 Å². The van der Waals surface area contributed by atoms with Crippen LogP contribution in [-0.4, -0.2) is 19.4 Å². The number of aryl methyl sites for hydroxylation is 2. The van der Waals surface area contributed by atoms with Crippen LogP contribution in [0.15, 0.2) is 6.07 Å². The minimum absolute atomic E-state index is 0.0249. The van der Waals surface area contributed by atoms with Gasteiger partial charge in [0.15, 0.2) is 0 Å². The predicted molar refractivity (Wildman–Crippen MR) is 62.2 cm³/mol. The van der Waals surface area contributed by atoms with Crippen molar-refractivity contribution in [2.75, 3.05) is 13.2 Å². The van der Waals surface area contributed by atoms with Crippen LogP contribution in [-0.2, 0) is 4.74 Å². The van der Waals surface area contributed by atoms with Crippen LogP contribution in [0.25, 0.3) is 0 Å². The van der Waals surface area contributed by atoms with Gasteiger partial charge in [-0.1, -0.05) is 0 Å². The first kappa shape index (κ1) is 14.5. The molecule has 1 rings (SSSR count). The quantitative estimate of drug-likeness (QED) is 0.830. The fourth-order valence-corrected chi connectivity index (χ4v) is 2.63. The third-order valence-electron chi connectivity index (χ3n) is 2.26. The van der Waals surface area contributed by atoms with E-state index < -0.39 is 12.8 Å². The van der Waals surface area contributed by atoms with Gasteiger partial charge in [-0.05, 0) is 31.9 Å². The summed E-state index contributed by atoms with van der Waals surface area (Å²) in [4.78, 5) is 2.18. The molecule has 1 heterocycles. The van der Waals surface area contributed by atoms with Crippen LogP contribution in [0.1, 0.15) is 27.8 Å². The Morgan fingerprint density at radius 3 is 2.53 bits per heavy atom. The van der Waals surface area contributed by atoms with Crippen LogP contribution >= 0.6 is 11.3 Å². The van der Waals surface area contributed by atoms with Gasteiger partial charge in [0, 0.05) is 22.4 Å². The summed E-state index contributed by atoms with van der Waals surface area (Å²) in [6, 6.07) is 1.78. The monoisotopic (exact) mass is 267 g/mol. The summed E-state index contributed by atoms with van der Waals surface area (Å²) in [6.07, 6.45) is -3.86. The van der Waals surface area contributed by atoms with Gasteiger partial charge in [0.1, 0.15) is 6.61 Å². The van der Waals surface area contributed by atoms with E-state index in [-0.39, 0.29) is 12.6 Å². The Labute approximate surface area is 103 Å². The van der Waals surface area contributed by atoms with E-state index in [2.05, 4.69) is 4.74 Å². The molecule has 0 fully saturated rings. The fourth-order valence-electron chi connectivity index (χ4n) is 1.56. The third kappa shape index (κ3) is 5.06. The Morgan fingerprint density at radius 1 is 1.41 bits per heavy atom. The van der Waals surface area contributed by atoms with E-state index in [1.54, 1.807) is 11.3 Å². The molecule has 2 N–H and O–H groups in total. The molecule has 1 atom stereocenters. The minimum Gasteiger partial charge on any atom is -0.372 e. The van der Waals surface area contributed by atoms with E-state index in [4.69, 9.17) is 5.73 Å². The lowest BCUT2D eigenvalue weighted by Gasteiger charge is -2.12. The number of thiophene rings is 1. The zero-order chi connectivity index (χ0) is 13.1. The molecule has 0 aliphatic rings. The van der Waals surface area contributed by atoms with Crippen LogP contribution < -0.4 is 5.73 Å². The Morgan fingerprint density at radius 2 is 2.06 bits per heavy atom. The van der Waals surface area contributed by atoms with Crippen LogP contribution in [0.2, 0.25) is 0 Å². The first-order chi connectivity index (χ1) is 7.79. The van der Waals surface area contributed by atoms with E-state index in [9.17, 15) is 13.2 Å². The second kappa shape index (κ2) is 5.84. The second-order valence-corrected chi connectivity index (χ2v) is 5.26. The molecule has 98 valence electrons. The van der Waals surface area contributed by atoms with Gasteiger partial charge < -0.3 is 10.5 Å². The number of halogens is 3. The first-order valence-electron chi connectivity index (χ1n) is 5.26. The summed E-state index contributed by atoms with van der Waals surface area (Å²) >= 11 is 1.58. The molecule has 0 amide bonds. The summed E-state index contributed by atoms with van der Waals surface area (Å²) in [5.41, 5.74) is 7.00. The lowest BCUT2D eigenvalue weighted by atomic mass is 10.1. The molecule has 1 aromatic rings. The van der Waals surface area contributed by atoms with Gasteiger partial charge in [-0.15, -0.1) is 11.3 Å². The average Bonchev–Trinajstić information content (AvgIpc) is 2.51. The van der Waals surface area contributed by atoms with Gasteiger partial charge in [0.25, 0.3) is 0 Å². The molecule has 6 heteroatoms. The van der Waals surface area contributed by atoms with Gasteiger partial charge in [0.2, 0.25) is 0 Å². The highest BCUT2D eigenvalue weighted by molar-refractivity contribution is 7.12. The van der Waals surface area contributed by atoms with Crippen molar-refractivity contribution in [1.29, 1.82) is 0 Å². The first-order valence-corrected chi connectivity index (χ1v) is 6.08. The maximum Gasteiger partial charge on any atom is 0.411 e. The summed E-state index contributed by atoms with van der Waals surface area (Å²) < 4.78 is 40.0. The Kier molecular flexibility index (Phi) is 4.97. The van der Waals surface area contributed by atoms with Crippen LogP contribution in [0.4, 0.5) is 13.2 Å². The van der Waals surface area contributed by atoms with E-state index >= 15 is 0 Å². The molecule has 0 radical (unpaired) electrons. The molecule has 0 aromatic carbocycles. The molecule has 0 aliphatic carbocycles. The zero-order valence-corrected chi connectivity index (χ0v) is 10.6. The standard InChI is InChI=1S/C11H16F3NOS/c1-7-5-8(2)17-10(7)9(15)3-4-16-6-11(12,13)14/h5,9H,3-4,6,15H2,1-2H3. The lowest BCUT2D eigenvalue weighted by Crippen LogP contribution is -2.19. The molecule has 0 spiro atoms. The van der Waals surface area contributed by atoms with Gasteiger partial charge in [-0.3, -0.25) is 0 Å². The molecule has 2 nitrogen and oxygen atoms in total. The molecule has 0 saturated heterocycles. The largest absolute Gasteiger partial charge is 0.411 e. The second-order valence-electron chi connectivity index (χ2n) is 3.97. The van der Waals surface area contributed by atoms with E-state index in [0.29, 0.717) is 6.42 Å². The molecular weight excluding hydrogens is 251 g/mol. The molecule has 1 unspecified atom stereocenters. The maximum atomic E-state index is 11.8. The van der Waals surface area contributed by atoms with E-state index in [1.807, 2.05) is 19.9 Å². The number of rotatable bonds is 5. The lowest BCUT2D eigenvalue weighted by molar-refractivity contribution is -0.174. The van der Waals surface area contributed by atoms with Crippen molar-refractivity contribution >= 4 is 11.3 Å². The summed E-state index contributed by atoms with van der Waals surface area (Å²) in [6.45, 7) is 2.75. The zero-order valence-electron chi connectivity index (χ0n) is 9.80. The molecular formula is C11H16F3NOS. The van der Waals surface area contributed by atoms with Crippen LogP contribution in [0, 0.1) is 13.8 Å². The fraction of sp³-hybridized carbons (Fsp3) is 0.636. The van der Waals surface area contributed by atoms with Crippen molar-refractivity contribution in [3.8, 4) is 0 Å². The van der Waals surface area contributed by atoms with Crippen molar-refractivity contribution in [3.05, 3.63) is 21.4 Å². The van der Waals surface area contributed by atoms with Crippen molar-refractivity contribution < 1.29 is 17.9 Å². The Hall–Kier alpha value is -0.590. The minimum atomic E-state index is -4.26. The van der Waals surface area contributed by atoms with Gasteiger partial charge in [-0.25, -0.2) is 0 Å². The van der Waals surface area contributed by atoms with Gasteiger partial charge in [-0.2, -0.15) is 13.2 Å². The average molecular weight is 267 g/mol. The van der Waals surface area contributed by atoms with Gasteiger partial charge >= 0.3 is 6.18 Å². The number of nitrogens with two attached hydrogens (primary N) is 1. The molecule has 0 bridgehead atoms.